The molecule has 9 nitrogen and oxygen atoms in total. The molecule has 2 heterocycles. The number of carbonyl (C=O) groups excluding carboxylic acids is 2. The third-order valence-electron chi connectivity index (χ3n) is 8.06. The summed E-state index contributed by atoms with van der Waals surface area (Å²) in [5.41, 5.74) is 1.98. The molecule has 1 aliphatic heterocycles. The Balaban J connectivity index is 1.50. The first-order valence-electron chi connectivity index (χ1n) is 14.6. The van der Waals surface area contributed by atoms with E-state index >= 15 is 0 Å². The normalized spacial score (nSPS) is 17.7. The van der Waals surface area contributed by atoms with Crippen LogP contribution in [0.2, 0.25) is 10.0 Å². The number of halogens is 2. The lowest BCUT2D eigenvalue weighted by Gasteiger charge is -2.42. The molecule has 42 heavy (non-hydrogen) atoms. The van der Waals surface area contributed by atoms with E-state index in [1.165, 1.54) is 0 Å². The molecule has 0 saturated heterocycles. The second-order valence-corrected chi connectivity index (χ2v) is 13.3. The van der Waals surface area contributed by atoms with E-state index in [0.29, 0.717) is 32.7 Å². The third kappa shape index (κ3) is 6.84. The predicted octanol–water partition coefficient (Wildman–Crippen LogP) is 6.69. The summed E-state index contributed by atoms with van der Waals surface area (Å²) in [5, 5.41) is 17.4. The maximum atomic E-state index is 14.5. The van der Waals surface area contributed by atoms with E-state index in [2.05, 4.69) is 46.7 Å². The average molecular weight is 611 g/mol. The summed E-state index contributed by atoms with van der Waals surface area (Å²) < 4.78 is 0. The van der Waals surface area contributed by atoms with Crippen LogP contribution in [0.25, 0.3) is 0 Å². The van der Waals surface area contributed by atoms with Crippen LogP contribution >= 0.6 is 23.2 Å². The summed E-state index contributed by atoms with van der Waals surface area (Å²) in [7, 11) is 0. The maximum Gasteiger partial charge on any atom is 0.275 e. The van der Waals surface area contributed by atoms with Gasteiger partial charge in [0, 0.05) is 21.2 Å². The van der Waals surface area contributed by atoms with E-state index in [-0.39, 0.29) is 29.8 Å². The van der Waals surface area contributed by atoms with Crippen LogP contribution in [0.3, 0.4) is 0 Å². The van der Waals surface area contributed by atoms with Crippen LogP contribution in [-0.4, -0.2) is 48.7 Å². The van der Waals surface area contributed by atoms with Gasteiger partial charge in [-0.15, -0.1) is 10.2 Å². The van der Waals surface area contributed by atoms with Crippen LogP contribution < -0.4 is 5.32 Å². The molecule has 11 heteroatoms. The topological polar surface area (TPSA) is 116 Å². The van der Waals surface area contributed by atoms with E-state index < -0.39 is 5.66 Å². The van der Waals surface area contributed by atoms with Gasteiger partial charge in [0.15, 0.2) is 5.82 Å². The number of aliphatic imine (C=N–C) groups is 1. The van der Waals surface area contributed by atoms with Gasteiger partial charge in [-0.05, 0) is 79.8 Å². The van der Waals surface area contributed by atoms with Gasteiger partial charge in [-0.25, -0.2) is 0 Å². The Bertz CT molecular complexity index is 1420. The Morgan fingerprint density at radius 1 is 1.05 bits per heavy atom. The van der Waals surface area contributed by atoms with E-state index in [1.54, 1.807) is 18.2 Å². The van der Waals surface area contributed by atoms with Crippen LogP contribution in [-0.2, 0) is 11.3 Å². The quantitative estimate of drug-likeness (QED) is 0.295. The zero-order valence-corrected chi connectivity index (χ0v) is 25.8. The van der Waals surface area contributed by atoms with Crippen molar-refractivity contribution in [2.75, 3.05) is 0 Å². The number of aromatic nitrogens is 4. The molecule has 222 valence electrons. The van der Waals surface area contributed by atoms with Crippen molar-refractivity contribution in [1.29, 1.82) is 0 Å². The smallest absolute Gasteiger partial charge is 0.275 e. The van der Waals surface area contributed by atoms with Crippen molar-refractivity contribution in [2.45, 2.75) is 90.4 Å². The van der Waals surface area contributed by atoms with Crippen molar-refractivity contribution in [3.63, 3.8) is 0 Å². The van der Waals surface area contributed by atoms with Crippen LogP contribution in [0, 0.1) is 5.41 Å². The molecule has 2 amide bonds. The van der Waals surface area contributed by atoms with Gasteiger partial charge in [0.05, 0.1) is 12.6 Å². The summed E-state index contributed by atoms with van der Waals surface area (Å²) in [6, 6.07) is 12.5. The Kier molecular flexibility index (Phi) is 8.99. The predicted molar refractivity (Wildman–Crippen MR) is 163 cm³/mol. The summed E-state index contributed by atoms with van der Waals surface area (Å²) in [5.74, 6) is 0.0647. The molecule has 2 N–H and O–H groups in total. The number of benzene rings is 2. The first-order valence-corrected chi connectivity index (χ1v) is 15.3. The van der Waals surface area contributed by atoms with Crippen molar-refractivity contribution >= 4 is 40.7 Å². The number of amides is 2. The van der Waals surface area contributed by atoms with Gasteiger partial charge in [0.2, 0.25) is 0 Å². The van der Waals surface area contributed by atoms with E-state index in [4.69, 9.17) is 28.2 Å². The minimum absolute atomic E-state index is 0.0663. The molecule has 0 radical (unpaired) electrons. The molecule has 3 aromatic rings. The van der Waals surface area contributed by atoms with Gasteiger partial charge in [-0.3, -0.25) is 14.6 Å². The lowest BCUT2D eigenvalue weighted by molar-refractivity contribution is -0.132. The molecule has 0 bridgehead atoms. The third-order valence-corrected chi connectivity index (χ3v) is 8.50. The van der Waals surface area contributed by atoms with E-state index in [9.17, 15) is 9.59 Å². The van der Waals surface area contributed by atoms with Gasteiger partial charge in [-0.2, -0.15) is 5.21 Å². The summed E-state index contributed by atoms with van der Waals surface area (Å²) >= 11 is 12.7. The number of hydrogen-bond acceptors (Lipinski definition) is 6. The first kappa shape index (κ1) is 30.2. The number of rotatable bonds is 8. The van der Waals surface area contributed by atoms with Gasteiger partial charge in [0.1, 0.15) is 11.4 Å². The van der Waals surface area contributed by atoms with Crippen LogP contribution in [0.5, 0.6) is 0 Å². The molecule has 1 unspecified atom stereocenters. The first-order chi connectivity index (χ1) is 20.0. The minimum Gasteiger partial charge on any atom is -0.345 e. The molecule has 1 fully saturated rings. The van der Waals surface area contributed by atoms with Crippen LogP contribution in [0.4, 0.5) is 0 Å². The SMILES string of the molecule is CC(C)(C)CCC(c1ccc(C(=O)NCc2nn[nH]n2)cc1)N1C(=O)C(c2cc(Cl)cc(Cl)c2)=NC12CCCCCC2. The van der Waals surface area contributed by atoms with Crippen molar-refractivity contribution in [3.8, 4) is 0 Å². The fourth-order valence-electron chi connectivity index (χ4n) is 5.96. The Labute approximate surface area is 256 Å². The van der Waals surface area contributed by atoms with Crippen molar-refractivity contribution in [3.05, 3.63) is 75.0 Å². The van der Waals surface area contributed by atoms with Crippen molar-refractivity contribution < 1.29 is 9.59 Å². The number of nitrogens with zero attached hydrogens (tertiary/aromatic N) is 5. The maximum absolute atomic E-state index is 14.5. The van der Waals surface area contributed by atoms with Gasteiger partial charge in [-0.1, -0.05) is 74.2 Å². The molecule has 1 aliphatic carbocycles. The number of H-pyrrole nitrogens is 1. The highest BCUT2D eigenvalue weighted by Crippen LogP contribution is 2.46. The lowest BCUT2D eigenvalue weighted by Crippen LogP contribution is -2.49. The monoisotopic (exact) mass is 609 g/mol. The number of tetrazole rings is 1. The Morgan fingerprint density at radius 2 is 1.71 bits per heavy atom. The molecule has 1 spiro atoms. The molecular formula is C31H37Cl2N7O2. The fraction of sp³-hybridized carbons (Fsp3) is 0.484. The number of aromatic amines is 1. The fourth-order valence-corrected chi connectivity index (χ4v) is 6.49. The molecule has 2 aliphatic rings. The Morgan fingerprint density at radius 3 is 2.31 bits per heavy atom. The molecular weight excluding hydrogens is 573 g/mol. The summed E-state index contributed by atoms with van der Waals surface area (Å²) in [4.78, 5) is 34.5. The van der Waals surface area contributed by atoms with Gasteiger partial charge < -0.3 is 10.2 Å². The highest BCUT2D eigenvalue weighted by atomic mass is 35.5. The highest BCUT2D eigenvalue weighted by Gasteiger charge is 2.50. The second-order valence-electron chi connectivity index (χ2n) is 12.4. The molecule has 5 rings (SSSR count). The highest BCUT2D eigenvalue weighted by molar-refractivity contribution is 6.47. The van der Waals surface area contributed by atoms with Gasteiger partial charge in [0.25, 0.3) is 11.8 Å². The van der Waals surface area contributed by atoms with Gasteiger partial charge >= 0.3 is 0 Å². The lowest BCUT2D eigenvalue weighted by atomic mass is 9.85. The van der Waals surface area contributed by atoms with Crippen molar-refractivity contribution in [1.82, 2.24) is 30.8 Å². The number of hydrogen-bond donors (Lipinski definition) is 2. The molecule has 2 aromatic carbocycles. The minimum atomic E-state index is -0.638. The standard InChI is InChI=1S/C31H37Cl2N7O2/c1-30(2,3)15-12-25(20-8-10-21(11-9-20)28(41)34-19-26-36-38-39-37-26)40-29(42)27(22-16-23(32)18-24(33)17-22)35-31(40)13-6-4-5-7-14-31/h8-11,16-18,25H,4-7,12-15,19H2,1-3H3,(H,34,41)(H,36,37,38,39). The van der Waals surface area contributed by atoms with Crippen LogP contribution in [0.15, 0.2) is 47.5 Å². The van der Waals surface area contributed by atoms with E-state index in [0.717, 1.165) is 56.9 Å². The molecule has 1 aromatic heterocycles. The van der Waals surface area contributed by atoms with Crippen molar-refractivity contribution in [2.24, 2.45) is 10.4 Å². The Hall–Kier alpha value is -3.30. The van der Waals surface area contributed by atoms with E-state index in [1.807, 2.05) is 29.2 Å². The second kappa shape index (κ2) is 12.5. The number of carbonyl (C=O) groups is 2. The van der Waals surface area contributed by atoms with Crippen LogP contribution in [0.1, 0.15) is 105 Å². The average Bonchev–Trinajstić information content (AvgIpc) is 3.48. The summed E-state index contributed by atoms with van der Waals surface area (Å²) in [6.07, 6.45) is 7.53. The zero-order chi connectivity index (χ0) is 29.9. The largest absolute Gasteiger partial charge is 0.345 e. The zero-order valence-electron chi connectivity index (χ0n) is 24.3. The summed E-state index contributed by atoms with van der Waals surface area (Å²) in [6.45, 7) is 6.81. The molecule has 1 saturated carbocycles. The molecule has 1 atom stereocenters. The number of nitrogens with one attached hydrogen (secondary N) is 2.